The van der Waals surface area contributed by atoms with E-state index in [-0.39, 0.29) is 12.1 Å². The molecule has 1 heterocycles. The molecule has 0 aromatic heterocycles. The molecule has 80 valence electrons. The van der Waals surface area contributed by atoms with Crippen molar-refractivity contribution in [2.24, 2.45) is 4.99 Å². The Morgan fingerprint density at radius 2 is 1.93 bits per heavy atom. The smallest absolute Gasteiger partial charge is 0.280 e. The van der Waals surface area contributed by atoms with Crippen LogP contribution in [0.15, 0.2) is 23.2 Å². The van der Waals surface area contributed by atoms with E-state index in [1.165, 1.54) is 0 Å². The summed E-state index contributed by atoms with van der Waals surface area (Å²) < 4.78 is 50.3. The van der Waals surface area contributed by atoms with E-state index >= 15 is 0 Å². The zero-order valence-electron chi connectivity index (χ0n) is 7.61. The van der Waals surface area contributed by atoms with Crippen LogP contribution in [0.4, 0.5) is 17.6 Å². The highest BCUT2D eigenvalue weighted by atomic mass is 19.4. The predicted octanol–water partition coefficient (Wildman–Crippen LogP) is 2.73. The molecule has 1 aromatic rings. The van der Waals surface area contributed by atoms with Gasteiger partial charge in [-0.15, -0.1) is 0 Å². The van der Waals surface area contributed by atoms with Crippen LogP contribution < -0.4 is 0 Å². The summed E-state index contributed by atoms with van der Waals surface area (Å²) in [7, 11) is 0. The molecule has 1 nitrogen and oxygen atoms in total. The lowest BCUT2D eigenvalue weighted by Crippen LogP contribution is -2.28. The molecule has 0 bridgehead atoms. The van der Waals surface area contributed by atoms with Crippen molar-refractivity contribution in [1.29, 1.82) is 0 Å². The van der Waals surface area contributed by atoms with Crippen LogP contribution in [-0.4, -0.2) is 18.4 Å². The van der Waals surface area contributed by atoms with Crippen LogP contribution in [0.1, 0.15) is 11.1 Å². The van der Waals surface area contributed by atoms with Crippen molar-refractivity contribution in [3.63, 3.8) is 0 Å². The highest BCUT2D eigenvalue weighted by Gasteiger charge is 2.38. The lowest BCUT2D eigenvalue weighted by molar-refractivity contribution is -0.0584. The molecule has 1 aliphatic rings. The van der Waals surface area contributed by atoms with Crippen LogP contribution in [0.25, 0.3) is 0 Å². The van der Waals surface area contributed by atoms with Crippen molar-refractivity contribution in [2.45, 2.75) is 12.6 Å². The summed E-state index contributed by atoms with van der Waals surface area (Å²) in [6.07, 6.45) is -4.11. The fraction of sp³-hybridized carbons (Fsp3) is 0.300. The average Bonchev–Trinajstić information content (AvgIpc) is 2.15. The van der Waals surface area contributed by atoms with E-state index < -0.39 is 17.7 Å². The Hall–Kier alpha value is -1.39. The van der Waals surface area contributed by atoms with Gasteiger partial charge in [-0.2, -0.15) is 13.2 Å². The summed E-state index contributed by atoms with van der Waals surface area (Å²) in [5.74, 6) is -0.517. The number of rotatable bonds is 0. The van der Waals surface area contributed by atoms with Crippen LogP contribution in [0.5, 0.6) is 0 Å². The molecular formula is C10H7F4N. The molecule has 0 atom stereocenters. The lowest BCUT2D eigenvalue weighted by atomic mass is 9.97. The second-order valence-electron chi connectivity index (χ2n) is 3.28. The van der Waals surface area contributed by atoms with Gasteiger partial charge in [-0.1, -0.05) is 0 Å². The van der Waals surface area contributed by atoms with E-state index in [0.29, 0.717) is 12.0 Å². The van der Waals surface area contributed by atoms with Crippen molar-refractivity contribution >= 4 is 5.71 Å². The topological polar surface area (TPSA) is 12.4 Å². The largest absolute Gasteiger partial charge is 0.433 e. The van der Waals surface area contributed by atoms with E-state index in [2.05, 4.69) is 4.99 Å². The molecular weight excluding hydrogens is 210 g/mol. The minimum absolute atomic E-state index is 0.00449. The van der Waals surface area contributed by atoms with Crippen LogP contribution in [0.2, 0.25) is 0 Å². The first kappa shape index (κ1) is 10.1. The SMILES string of the molecule is Fc1ccc2c(c1)CCN=C2C(F)(F)F. The molecule has 0 spiro atoms. The normalized spacial score (nSPS) is 15.9. The van der Waals surface area contributed by atoms with Crippen LogP contribution in [-0.2, 0) is 6.42 Å². The molecule has 0 aliphatic carbocycles. The highest BCUT2D eigenvalue weighted by Crippen LogP contribution is 2.27. The number of hydrogen-bond donors (Lipinski definition) is 0. The average molecular weight is 217 g/mol. The summed E-state index contributed by atoms with van der Waals surface area (Å²) >= 11 is 0. The summed E-state index contributed by atoms with van der Waals surface area (Å²) in [6, 6.07) is 3.29. The summed E-state index contributed by atoms with van der Waals surface area (Å²) in [5, 5.41) is 0. The van der Waals surface area contributed by atoms with Crippen molar-refractivity contribution in [1.82, 2.24) is 0 Å². The quantitative estimate of drug-likeness (QED) is 0.592. The van der Waals surface area contributed by atoms with Gasteiger partial charge in [0.1, 0.15) is 11.5 Å². The Balaban J connectivity index is 2.52. The Morgan fingerprint density at radius 3 is 2.60 bits per heavy atom. The van der Waals surface area contributed by atoms with E-state index in [1.54, 1.807) is 0 Å². The first-order chi connectivity index (χ1) is 6.98. The third-order valence-corrected chi connectivity index (χ3v) is 2.24. The fourth-order valence-corrected chi connectivity index (χ4v) is 1.62. The van der Waals surface area contributed by atoms with Gasteiger partial charge in [0, 0.05) is 12.1 Å². The molecule has 0 saturated carbocycles. The molecule has 0 saturated heterocycles. The standard InChI is InChI=1S/C10H7F4N/c11-7-1-2-8-6(5-7)3-4-15-9(8)10(12,13)14/h1-2,5H,3-4H2. The minimum atomic E-state index is -4.47. The molecule has 0 unspecified atom stereocenters. The summed E-state index contributed by atoms with van der Waals surface area (Å²) in [4.78, 5) is 3.44. The monoisotopic (exact) mass is 217 g/mol. The van der Waals surface area contributed by atoms with Crippen LogP contribution >= 0.6 is 0 Å². The summed E-state index contributed by atoms with van der Waals surface area (Å²) in [5.41, 5.74) is -0.531. The third kappa shape index (κ3) is 1.86. The molecule has 1 aliphatic heterocycles. The van der Waals surface area contributed by atoms with Gasteiger partial charge in [0.2, 0.25) is 0 Å². The van der Waals surface area contributed by atoms with Gasteiger partial charge in [0.25, 0.3) is 0 Å². The Bertz CT molecular complexity index is 420. The lowest BCUT2D eigenvalue weighted by Gasteiger charge is -2.18. The van der Waals surface area contributed by atoms with Crippen molar-refractivity contribution < 1.29 is 17.6 Å². The van der Waals surface area contributed by atoms with Gasteiger partial charge in [-0.05, 0) is 30.2 Å². The molecule has 0 radical (unpaired) electrons. The van der Waals surface area contributed by atoms with E-state index in [1.807, 2.05) is 0 Å². The maximum Gasteiger partial charge on any atom is 0.433 e. The maximum atomic E-state index is 12.8. The van der Waals surface area contributed by atoms with Crippen molar-refractivity contribution in [2.75, 3.05) is 6.54 Å². The highest BCUT2D eigenvalue weighted by molar-refractivity contribution is 6.06. The van der Waals surface area contributed by atoms with Gasteiger partial charge in [0.15, 0.2) is 0 Å². The molecule has 0 N–H and O–H groups in total. The number of nitrogens with zero attached hydrogens (tertiary/aromatic N) is 1. The van der Waals surface area contributed by atoms with Gasteiger partial charge in [-0.3, -0.25) is 4.99 Å². The first-order valence-electron chi connectivity index (χ1n) is 4.39. The van der Waals surface area contributed by atoms with Gasteiger partial charge in [0.05, 0.1) is 0 Å². The second-order valence-corrected chi connectivity index (χ2v) is 3.28. The van der Waals surface area contributed by atoms with E-state index in [4.69, 9.17) is 0 Å². The van der Waals surface area contributed by atoms with Gasteiger partial charge in [-0.25, -0.2) is 4.39 Å². The molecule has 5 heteroatoms. The van der Waals surface area contributed by atoms with Crippen molar-refractivity contribution in [3.05, 3.63) is 35.1 Å². The second kappa shape index (κ2) is 3.32. The molecule has 2 rings (SSSR count). The number of halogens is 4. The van der Waals surface area contributed by atoms with Crippen LogP contribution in [0.3, 0.4) is 0 Å². The number of hydrogen-bond acceptors (Lipinski definition) is 1. The predicted molar refractivity (Wildman–Crippen MR) is 47.6 cm³/mol. The Labute approximate surface area is 83.4 Å². The zero-order valence-corrected chi connectivity index (χ0v) is 7.61. The molecule has 1 aromatic carbocycles. The van der Waals surface area contributed by atoms with Crippen LogP contribution in [0, 0.1) is 5.82 Å². The summed E-state index contributed by atoms with van der Waals surface area (Å²) in [6.45, 7) is 0.0608. The van der Waals surface area contributed by atoms with Crippen molar-refractivity contribution in [3.8, 4) is 0 Å². The zero-order chi connectivity index (χ0) is 11.1. The third-order valence-electron chi connectivity index (χ3n) is 2.24. The van der Waals surface area contributed by atoms with Gasteiger partial charge < -0.3 is 0 Å². The number of alkyl halides is 3. The minimum Gasteiger partial charge on any atom is -0.280 e. The number of aliphatic imine (C=N–C) groups is 1. The fourth-order valence-electron chi connectivity index (χ4n) is 1.62. The Morgan fingerprint density at radius 1 is 1.20 bits per heavy atom. The molecule has 15 heavy (non-hydrogen) atoms. The van der Waals surface area contributed by atoms with E-state index in [0.717, 1.165) is 18.2 Å². The van der Waals surface area contributed by atoms with E-state index in [9.17, 15) is 17.6 Å². The molecule has 0 fully saturated rings. The number of benzene rings is 1. The molecule has 0 amide bonds. The Kier molecular flexibility index (Phi) is 2.25. The first-order valence-corrected chi connectivity index (χ1v) is 4.39. The maximum absolute atomic E-state index is 12.8. The van der Waals surface area contributed by atoms with Gasteiger partial charge >= 0.3 is 6.18 Å². The number of fused-ring (bicyclic) bond motifs is 1.